The standard InChI is InChI=1S/C31H38ClN3O5S/c1-5-40-28-16-14-27(15-17-28)35(41(4,38)39)22-30(36)34(21-25-12-9-13-26(32)18-25)29(31(37)33-20-23(2)3)19-24-10-7-6-8-11-24/h6-18,23,29H,5,19-22H2,1-4H3,(H,33,37)/t29-/m0/s1. The normalized spacial score (nSPS) is 12.0. The summed E-state index contributed by atoms with van der Waals surface area (Å²) in [5.41, 5.74) is 1.90. The van der Waals surface area contributed by atoms with Gasteiger partial charge < -0.3 is 15.0 Å². The summed E-state index contributed by atoms with van der Waals surface area (Å²) >= 11 is 6.24. The van der Waals surface area contributed by atoms with E-state index in [9.17, 15) is 18.0 Å². The van der Waals surface area contributed by atoms with Gasteiger partial charge in [0.25, 0.3) is 0 Å². The molecular formula is C31H38ClN3O5S. The molecule has 41 heavy (non-hydrogen) atoms. The second-order valence-electron chi connectivity index (χ2n) is 10.2. The van der Waals surface area contributed by atoms with Crippen LogP contribution < -0.4 is 14.4 Å². The lowest BCUT2D eigenvalue weighted by atomic mass is 10.0. The predicted molar refractivity (Wildman–Crippen MR) is 164 cm³/mol. The molecule has 0 spiro atoms. The lowest BCUT2D eigenvalue weighted by molar-refractivity contribution is -0.140. The van der Waals surface area contributed by atoms with E-state index in [1.165, 1.54) is 4.90 Å². The maximum Gasteiger partial charge on any atom is 0.244 e. The highest BCUT2D eigenvalue weighted by Gasteiger charge is 2.33. The van der Waals surface area contributed by atoms with Gasteiger partial charge in [-0.25, -0.2) is 8.42 Å². The fourth-order valence-electron chi connectivity index (χ4n) is 4.30. The van der Waals surface area contributed by atoms with Crippen molar-refractivity contribution in [3.8, 4) is 5.75 Å². The van der Waals surface area contributed by atoms with E-state index in [1.54, 1.807) is 42.5 Å². The molecule has 0 aliphatic heterocycles. The number of benzene rings is 3. The van der Waals surface area contributed by atoms with Crippen molar-refractivity contribution in [3.63, 3.8) is 0 Å². The van der Waals surface area contributed by atoms with Gasteiger partial charge in [-0.2, -0.15) is 0 Å². The van der Waals surface area contributed by atoms with Crippen LogP contribution in [-0.4, -0.2) is 57.1 Å². The first kappa shape index (κ1) is 32.0. The Morgan fingerprint density at radius 1 is 0.951 bits per heavy atom. The van der Waals surface area contributed by atoms with Gasteiger partial charge in [0.1, 0.15) is 18.3 Å². The van der Waals surface area contributed by atoms with Crippen LogP contribution in [0, 0.1) is 5.92 Å². The number of hydrogen-bond donors (Lipinski definition) is 1. The van der Waals surface area contributed by atoms with Crippen molar-refractivity contribution < 1.29 is 22.7 Å². The van der Waals surface area contributed by atoms with Crippen molar-refractivity contribution in [1.82, 2.24) is 10.2 Å². The van der Waals surface area contributed by atoms with E-state index in [4.69, 9.17) is 16.3 Å². The number of sulfonamides is 1. The van der Waals surface area contributed by atoms with Crippen molar-refractivity contribution >= 4 is 39.1 Å². The van der Waals surface area contributed by atoms with Crippen LogP contribution in [0.3, 0.4) is 0 Å². The van der Waals surface area contributed by atoms with Crippen LogP contribution in [-0.2, 0) is 32.6 Å². The van der Waals surface area contributed by atoms with Crippen LogP contribution in [0.15, 0.2) is 78.9 Å². The van der Waals surface area contributed by atoms with E-state index in [0.29, 0.717) is 35.2 Å². The number of nitrogens with one attached hydrogen (secondary N) is 1. The van der Waals surface area contributed by atoms with Gasteiger partial charge in [0.2, 0.25) is 21.8 Å². The molecule has 8 nitrogen and oxygen atoms in total. The number of hydrogen-bond acceptors (Lipinski definition) is 5. The summed E-state index contributed by atoms with van der Waals surface area (Å²) in [5.74, 6) is -0.0491. The van der Waals surface area contributed by atoms with Crippen LogP contribution >= 0.6 is 11.6 Å². The summed E-state index contributed by atoms with van der Waals surface area (Å²) in [6.45, 7) is 6.30. The number of carbonyl (C=O) groups excluding carboxylic acids is 2. The third-order valence-corrected chi connectivity index (χ3v) is 7.69. The SMILES string of the molecule is CCOc1ccc(N(CC(=O)N(Cc2cccc(Cl)c2)[C@@H](Cc2ccccc2)C(=O)NCC(C)C)S(C)(=O)=O)cc1. The first-order valence-electron chi connectivity index (χ1n) is 13.5. The zero-order valence-electron chi connectivity index (χ0n) is 23.9. The number of carbonyl (C=O) groups is 2. The minimum Gasteiger partial charge on any atom is -0.494 e. The van der Waals surface area contributed by atoms with Gasteiger partial charge >= 0.3 is 0 Å². The summed E-state index contributed by atoms with van der Waals surface area (Å²) in [6.07, 6.45) is 1.30. The van der Waals surface area contributed by atoms with E-state index in [-0.39, 0.29) is 24.8 Å². The minimum absolute atomic E-state index is 0.0624. The number of nitrogens with zero attached hydrogens (tertiary/aromatic N) is 2. The summed E-state index contributed by atoms with van der Waals surface area (Å²) in [5, 5.41) is 3.46. The minimum atomic E-state index is -3.85. The number of ether oxygens (including phenoxy) is 1. The van der Waals surface area contributed by atoms with Crippen molar-refractivity contribution in [1.29, 1.82) is 0 Å². The van der Waals surface area contributed by atoms with Crippen LogP contribution in [0.2, 0.25) is 5.02 Å². The predicted octanol–water partition coefficient (Wildman–Crippen LogP) is 4.92. The second-order valence-corrected chi connectivity index (χ2v) is 12.5. The molecule has 2 amide bonds. The van der Waals surface area contributed by atoms with E-state index >= 15 is 0 Å². The molecular weight excluding hydrogens is 562 g/mol. The summed E-state index contributed by atoms with van der Waals surface area (Å²) in [7, 11) is -3.85. The fourth-order valence-corrected chi connectivity index (χ4v) is 5.36. The van der Waals surface area contributed by atoms with Crippen molar-refractivity contribution in [2.75, 3.05) is 30.3 Å². The first-order chi connectivity index (χ1) is 19.5. The summed E-state index contributed by atoms with van der Waals surface area (Å²) in [6, 6.07) is 22.1. The second kappa shape index (κ2) is 14.9. The molecule has 0 fully saturated rings. The van der Waals surface area contributed by atoms with Gasteiger partial charge in [0.15, 0.2) is 0 Å². The zero-order chi connectivity index (χ0) is 30.0. The largest absolute Gasteiger partial charge is 0.494 e. The van der Waals surface area contributed by atoms with E-state index < -0.39 is 28.5 Å². The molecule has 0 radical (unpaired) electrons. The smallest absolute Gasteiger partial charge is 0.244 e. The Morgan fingerprint density at radius 3 is 2.20 bits per heavy atom. The molecule has 220 valence electrons. The highest BCUT2D eigenvalue weighted by atomic mass is 35.5. The van der Waals surface area contributed by atoms with Crippen molar-refractivity contribution in [2.24, 2.45) is 5.92 Å². The molecule has 1 N–H and O–H groups in total. The third kappa shape index (κ3) is 9.79. The number of rotatable bonds is 14. The van der Waals surface area contributed by atoms with Crippen LogP contribution in [0.5, 0.6) is 5.75 Å². The Hall–Kier alpha value is -3.56. The van der Waals surface area contributed by atoms with Crippen LogP contribution in [0.4, 0.5) is 5.69 Å². The third-order valence-electron chi connectivity index (χ3n) is 6.31. The average molecular weight is 600 g/mol. The van der Waals surface area contributed by atoms with Crippen LogP contribution in [0.1, 0.15) is 31.9 Å². The molecule has 3 aromatic rings. The van der Waals surface area contributed by atoms with Gasteiger partial charge in [0, 0.05) is 24.5 Å². The van der Waals surface area contributed by atoms with Gasteiger partial charge in [-0.1, -0.05) is 67.9 Å². The molecule has 0 aromatic heterocycles. The monoisotopic (exact) mass is 599 g/mol. The van der Waals surface area contributed by atoms with Gasteiger partial charge in [0.05, 0.1) is 18.6 Å². The summed E-state index contributed by atoms with van der Waals surface area (Å²) < 4.78 is 32.3. The maximum absolute atomic E-state index is 14.1. The quantitative estimate of drug-likeness (QED) is 0.284. The van der Waals surface area contributed by atoms with E-state index in [2.05, 4.69) is 5.32 Å². The lowest BCUT2D eigenvalue weighted by Gasteiger charge is -2.33. The Kier molecular flexibility index (Phi) is 11.6. The molecule has 1 atom stereocenters. The van der Waals surface area contributed by atoms with Gasteiger partial charge in [-0.05, 0) is 60.4 Å². The Morgan fingerprint density at radius 2 is 1.61 bits per heavy atom. The maximum atomic E-state index is 14.1. The van der Waals surface area contributed by atoms with E-state index in [0.717, 1.165) is 16.1 Å². The molecule has 0 saturated carbocycles. The Bertz CT molecular complexity index is 1400. The van der Waals surface area contributed by atoms with Crippen molar-refractivity contribution in [3.05, 3.63) is 95.0 Å². The van der Waals surface area contributed by atoms with Gasteiger partial charge in [-0.15, -0.1) is 0 Å². The number of anilines is 1. The number of halogens is 1. The molecule has 10 heteroatoms. The number of amides is 2. The molecule has 0 saturated heterocycles. The Balaban J connectivity index is 2.02. The van der Waals surface area contributed by atoms with Crippen molar-refractivity contribution in [2.45, 2.75) is 39.8 Å². The molecule has 3 rings (SSSR count). The lowest BCUT2D eigenvalue weighted by Crippen LogP contribution is -2.53. The topological polar surface area (TPSA) is 96.0 Å². The highest BCUT2D eigenvalue weighted by molar-refractivity contribution is 7.92. The zero-order valence-corrected chi connectivity index (χ0v) is 25.5. The molecule has 0 aliphatic carbocycles. The molecule has 0 bridgehead atoms. The van der Waals surface area contributed by atoms with E-state index in [1.807, 2.05) is 57.2 Å². The molecule has 3 aromatic carbocycles. The summed E-state index contributed by atoms with van der Waals surface area (Å²) in [4.78, 5) is 29.2. The van der Waals surface area contributed by atoms with Crippen LogP contribution in [0.25, 0.3) is 0 Å². The molecule has 0 heterocycles. The molecule has 0 unspecified atom stereocenters. The average Bonchev–Trinajstić information content (AvgIpc) is 2.93. The Labute approximate surface area is 248 Å². The van der Waals surface area contributed by atoms with Gasteiger partial charge in [-0.3, -0.25) is 13.9 Å². The fraction of sp³-hybridized carbons (Fsp3) is 0.355. The first-order valence-corrected chi connectivity index (χ1v) is 15.8. The highest BCUT2D eigenvalue weighted by Crippen LogP contribution is 2.23. The molecule has 0 aliphatic rings.